The molecule has 1 fully saturated rings. The zero-order chi connectivity index (χ0) is 23.1. The summed E-state index contributed by atoms with van der Waals surface area (Å²) in [5, 5.41) is 15.1. The standard InChI is InChI=1S/C25H31N3O4/c1-17-3-7-19(8-4-17)11-13-26-23(29)21-15-28(25(31)32)16-22(21)24(30)27-14-12-20-9-5-18(2)6-10-20/h3-10,21-22H,11-16H2,1-2H3,(H,26,29)(H,27,30)(H,31,32)/t21-,22-/m0/s1. The molecule has 3 amide bonds. The summed E-state index contributed by atoms with van der Waals surface area (Å²) in [5.74, 6) is -1.94. The van der Waals surface area contributed by atoms with Crippen LogP contribution < -0.4 is 10.6 Å². The van der Waals surface area contributed by atoms with Crippen molar-refractivity contribution in [2.75, 3.05) is 26.2 Å². The van der Waals surface area contributed by atoms with Crippen LogP contribution in [0.1, 0.15) is 22.3 Å². The Hall–Kier alpha value is -3.35. The first-order valence-electron chi connectivity index (χ1n) is 11.0. The number of amides is 3. The van der Waals surface area contributed by atoms with Crippen molar-refractivity contribution < 1.29 is 19.5 Å². The molecule has 7 heteroatoms. The fourth-order valence-electron chi connectivity index (χ4n) is 3.92. The lowest BCUT2D eigenvalue weighted by molar-refractivity contribution is -0.132. The predicted molar refractivity (Wildman–Crippen MR) is 122 cm³/mol. The van der Waals surface area contributed by atoms with Gasteiger partial charge in [-0.1, -0.05) is 59.7 Å². The molecule has 170 valence electrons. The molecule has 1 aliphatic rings. The van der Waals surface area contributed by atoms with E-state index in [1.54, 1.807) is 0 Å². The van der Waals surface area contributed by atoms with E-state index in [2.05, 4.69) is 10.6 Å². The second-order valence-corrected chi connectivity index (χ2v) is 8.45. The Morgan fingerprint density at radius 1 is 0.781 bits per heavy atom. The Labute approximate surface area is 188 Å². The van der Waals surface area contributed by atoms with Crippen molar-refractivity contribution in [1.82, 2.24) is 15.5 Å². The molecule has 1 aliphatic heterocycles. The maximum absolute atomic E-state index is 12.8. The minimum atomic E-state index is -1.11. The first-order chi connectivity index (χ1) is 15.3. The number of carboxylic acid groups (broad SMARTS) is 1. The molecule has 0 bridgehead atoms. The lowest BCUT2D eigenvalue weighted by atomic mass is 9.94. The number of likely N-dealkylation sites (tertiary alicyclic amines) is 1. The average Bonchev–Trinajstić information content (AvgIpc) is 3.22. The maximum Gasteiger partial charge on any atom is 0.407 e. The van der Waals surface area contributed by atoms with Gasteiger partial charge in [-0.15, -0.1) is 0 Å². The van der Waals surface area contributed by atoms with Crippen molar-refractivity contribution >= 4 is 17.9 Å². The molecule has 2 atom stereocenters. The first kappa shape index (κ1) is 23.3. The lowest BCUT2D eigenvalue weighted by Gasteiger charge is -2.17. The summed E-state index contributed by atoms with van der Waals surface area (Å²) < 4.78 is 0. The van der Waals surface area contributed by atoms with E-state index in [0.717, 1.165) is 16.0 Å². The van der Waals surface area contributed by atoms with Gasteiger partial charge < -0.3 is 20.6 Å². The third-order valence-corrected chi connectivity index (χ3v) is 5.93. The number of carbonyl (C=O) groups excluding carboxylic acids is 2. The van der Waals surface area contributed by atoms with Gasteiger partial charge in [-0.05, 0) is 37.8 Å². The second-order valence-electron chi connectivity index (χ2n) is 8.45. The minimum absolute atomic E-state index is 0.0295. The molecule has 3 N–H and O–H groups in total. The highest BCUT2D eigenvalue weighted by Crippen LogP contribution is 2.24. The van der Waals surface area contributed by atoms with E-state index in [-0.39, 0.29) is 24.9 Å². The molecule has 1 heterocycles. The van der Waals surface area contributed by atoms with Crippen LogP contribution in [-0.2, 0) is 22.4 Å². The minimum Gasteiger partial charge on any atom is -0.465 e. The summed E-state index contributed by atoms with van der Waals surface area (Å²) in [6.07, 6.45) is 0.237. The predicted octanol–water partition coefficient (Wildman–Crippen LogP) is 2.55. The smallest absolute Gasteiger partial charge is 0.407 e. The number of carbonyl (C=O) groups is 3. The van der Waals surface area contributed by atoms with Crippen LogP contribution >= 0.6 is 0 Å². The van der Waals surface area contributed by atoms with Crippen LogP contribution in [0, 0.1) is 25.7 Å². The Kier molecular flexibility index (Phi) is 7.87. The Morgan fingerprint density at radius 2 is 1.16 bits per heavy atom. The van der Waals surface area contributed by atoms with Crippen molar-refractivity contribution in [2.24, 2.45) is 11.8 Å². The molecule has 2 aromatic carbocycles. The van der Waals surface area contributed by atoms with Gasteiger partial charge in [0.2, 0.25) is 11.8 Å². The average molecular weight is 438 g/mol. The molecule has 0 saturated carbocycles. The lowest BCUT2D eigenvalue weighted by Crippen LogP contribution is -2.42. The summed E-state index contributed by atoms with van der Waals surface area (Å²) in [6, 6.07) is 16.2. The molecule has 0 aromatic heterocycles. The molecule has 1 saturated heterocycles. The van der Waals surface area contributed by atoms with Crippen LogP contribution in [0.15, 0.2) is 48.5 Å². The maximum atomic E-state index is 12.8. The summed E-state index contributed by atoms with van der Waals surface area (Å²) in [7, 11) is 0. The van der Waals surface area contributed by atoms with Gasteiger partial charge in [-0.2, -0.15) is 0 Å². The van der Waals surface area contributed by atoms with E-state index in [1.165, 1.54) is 11.1 Å². The van der Waals surface area contributed by atoms with E-state index in [0.29, 0.717) is 25.9 Å². The molecule has 0 spiro atoms. The number of nitrogens with one attached hydrogen (secondary N) is 2. The topological polar surface area (TPSA) is 98.7 Å². The van der Waals surface area contributed by atoms with Gasteiger partial charge in [0.15, 0.2) is 0 Å². The highest BCUT2D eigenvalue weighted by molar-refractivity contribution is 5.89. The van der Waals surface area contributed by atoms with Gasteiger partial charge in [-0.3, -0.25) is 9.59 Å². The Balaban J connectivity index is 1.53. The van der Waals surface area contributed by atoms with Gasteiger partial charge in [0.25, 0.3) is 0 Å². The molecule has 32 heavy (non-hydrogen) atoms. The molecule has 2 aromatic rings. The van der Waals surface area contributed by atoms with Crippen LogP contribution in [-0.4, -0.2) is 54.1 Å². The molecule has 7 nitrogen and oxygen atoms in total. The van der Waals surface area contributed by atoms with Gasteiger partial charge in [0.05, 0.1) is 11.8 Å². The summed E-state index contributed by atoms with van der Waals surface area (Å²) in [6.45, 7) is 4.97. The highest BCUT2D eigenvalue weighted by Gasteiger charge is 2.43. The number of rotatable bonds is 8. The zero-order valence-corrected chi connectivity index (χ0v) is 18.6. The van der Waals surface area contributed by atoms with E-state index < -0.39 is 17.9 Å². The normalized spacial score (nSPS) is 17.8. The largest absolute Gasteiger partial charge is 0.465 e. The van der Waals surface area contributed by atoms with Gasteiger partial charge >= 0.3 is 6.09 Å². The SMILES string of the molecule is Cc1ccc(CCNC(=O)[C@H]2CN(C(=O)O)C[C@@H]2C(=O)NCCc2ccc(C)cc2)cc1. The number of hydrogen-bond donors (Lipinski definition) is 3. The van der Waals surface area contributed by atoms with E-state index in [9.17, 15) is 19.5 Å². The van der Waals surface area contributed by atoms with Crippen LogP contribution in [0.25, 0.3) is 0 Å². The Morgan fingerprint density at radius 3 is 1.50 bits per heavy atom. The van der Waals surface area contributed by atoms with Crippen molar-refractivity contribution in [1.29, 1.82) is 0 Å². The second kappa shape index (κ2) is 10.8. The number of benzene rings is 2. The molecular weight excluding hydrogens is 406 g/mol. The van der Waals surface area contributed by atoms with Crippen LogP contribution in [0.4, 0.5) is 4.79 Å². The molecule has 0 radical (unpaired) electrons. The fourth-order valence-corrected chi connectivity index (χ4v) is 3.92. The fraction of sp³-hybridized carbons (Fsp3) is 0.400. The third kappa shape index (κ3) is 6.33. The third-order valence-electron chi connectivity index (χ3n) is 5.93. The van der Waals surface area contributed by atoms with E-state index >= 15 is 0 Å². The molecular formula is C25H31N3O4. The zero-order valence-electron chi connectivity index (χ0n) is 18.6. The quantitative estimate of drug-likeness (QED) is 0.591. The Bertz CT molecular complexity index is 869. The van der Waals surface area contributed by atoms with Crippen molar-refractivity contribution in [3.63, 3.8) is 0 Å². The summed E-state index contributed by atoms with van der Waals surface area (Å²) in [5.41, 5.74) is 4.57. The van der Waals surface area contributed by atoms with Gasteiger partial charge in [0, 0.05) is 26.2 Å². The van der Waals surface area contributed by atoms with E-state index in [1.807, 2.05) is 62.4 Å². The van der Waals surface area contributed by atoms with Gasteiger partial charge in [-0.25, -0.2) is 4.79 Å². The molecule has 0 aliphatic carbocycles. The van der Waals surface area contributed by atoms with Crippen LogP contribution in [0.3, 0.4) is 0 Å². The molecule has 0 unspecified atom stereocenters. The summed E-state index contributed by atoms with van der Waals surface area (Å²) in [4.78, 5) is 38.2. The van der Waals surface area contributed by atoms with Gasteiger partial charge in [0.1, 0.15) is 0 Å². The number of hydrogen-bond acceptors (Lipinski definition) is 3. The monoisotopic (exact) mass is 437 g/mol. The van der Waals surface area contributed by atoms with Crippen LogP contribution in [0.5, 0.6) is 0 Å². The van der Waals surface area contributed by atoms with E-state index in [4.69, 9.17) is 0 Å². The summed E-state index contributed by atoms with van der Waals surface area (Å²) >= 11 is 0. The van der Waals surface area contributed by atoms with Crippen LogP contribution in [0.2, 0.25) is 0 Å². The van der Waals surface area contributed by atoms with Crippen molar-refractivity contribution in [2.45, 2.75) is 26.7 Å². The first-order valence-corrected chi connectivity index (χ1v) is 11.0. The highest BCUT2D eigenvalue weighted by atomic mass is 16.4. The number of aryl methyl sites for hydroxylation is 2. The molecule has 3 rings (SSSR count). The van der Waals surface area contributed by atoms with Crippen molar-refractivity contribution in [3.05, 3.63) is 70.8 Å². The van der Waals surface area contributed by atoms with Crippen molar-refractivity contribution in [3.8, 4) is 0 Å². The number of nitrogens with zero attached hydrogens (tertiary/aromatic N) is 1.